The number of thiophene rings is 1. The van der Waals surface area contributed by atoms with Gasteiger partial charge in [-0.2, -0.15) is 5.21 Å². The molecule has 1 atom stereocenters. The van der Waals surface area contributed by atoms with Gasteiger partial charge in [0, 0.05) is 11.3 Å². The van der Waals surface area contributed by atoms with E-state index in [2.05, 4.69) is 20.6 Å². The molecule has 0 aliphatic carbocycles. The Morgan fingerprint density at radius 1 is 1.52 bits per heavy atom. The molecule has 0 bridgehead atoms. The third-order valence-electron chi connectivity index (χ3n) is 3.57. The van der Waals surface area contributed by atoms with E-state index in [4.69, 9.17) is 0 Å². The summed E-state index contributed by atoms with van der Waals surface area (Å²) in [6.07, 6.45) is -0.485. The van der Waals surface area contributed by atoms with Crippen LogP contribution in [0.3, 0.4) is 0 Å². The monoisotopic (exact) mass is 313 g/mol. The fraction of sp³-hybridized carbons (Fsp3) is 0.500. The molecule has 0 radical (unpaired) electrons. The van der Waals surface area contributed by atoms with Crippen LogP contribution in [0.4, 0.5) is 8.78 Å². The molecule has 112 valence electrons. The molecule has 1 N–H and O–H groups in total. The lowest BCUT2D eigenvalue weighted by Gasteiger charge is -2.20. The quantitative estimate of drug-likeness (QED) is 0.921. The first kappa shape index (κ1) is 14.1. The van der Waals surface area contributed by atoms with Crippen LogP contribution in [0.5, 0.6) is 0 Å². The van der Waals surface area contributed by atoms with Gasteiger partial charge in [0.1, 0.15) is 6.04 Å². The molecule has 1 saturated heterocycles. The number of nitrogens with one attached hydrogen (secondary N) is 1. The number of tetrazole rings is 1. The predicted octanol–water partition coefficient (Wildman–Crippen LogP) is 2.10. The van der Waals surface area contributed by atoms with Crippen LogP contribution in [0.2, 0.25) is 0 Å². The summed E-state index contributed by atoms with van der Waals surface area (Å²) < 4.78 is 27.4. The first-order valence-electron chi connectivity index (χ1n) is 6.36. The fourth-order valence-corrected chi connectivity index (χ4v) is 3.38. The molecule has 0 aromatic carbocycles. The Morgan fingerprint density at radius 3 is 2.86 bits per heavy atom. The molecule has 3 heterocycles. The normalized spacial score (nSPS) is 21.0. The highest BCUT2D eigenvalue weighted by Crippen LogP contribution is 2.41. The predicted molar refractivity (Wildman–Crippen MR) is 71.3 cm³/mol. The molecule has 1 unspecified atom stereocenters. The van der Waals surface area contributed by atoms with Crippen molar-refractivity contribution in [3.63, 3.8) is 0 Å². The molecule has 2 aromatic heterocycles. The Hall–Kier alpha value is -1.90. The maximum atomic E-state index is 13.7. The third kappa shape index (κ3) is 2.53. The number of likely N-dealkylation sites (tertiary alicyclic amines) is 1. The van der Waals surface area contributed by atoms with Gasteiger partial charge in [-0.25, -0.2) is 8.78 Å². The number of halogens is 2. The minimum atomic E-state index is -2.94. The van der Waals surface area contributed by atoms with Crippen LogP contribution in [-0.2, 0) is 0 Å². The van der Waals surface area contributed by atoms with Gasteiger partial charge < -0.3 is 4.90 Å². The van der Waals surface area contributed by atoms with Crippen LogP contribution in [0, 0.1) is 13.8 Å². The number of alkyl halides is 2. The summed E-state index contributed by atoms with van der Waals surface area (Å²) in [4.78, 5) is 15.1. The van der Waals surface area contributed by atoms with Gasteiger partial charge in [-0.3, -0.25) is 4.79 Å². The van der Waals surface area contributed by atoms with Crippen LogP contribution in [0.1, 0.15) is 38.4 Å². The number of rotatable bonds is 2. The van der Waals surface area contributed by atoms with Gasteiger partial charge in [0.05, 0.1) is 11.4 Å². The summed E-state index contributed by atoms with van der Waals surface area (Å²) >= 11 is 1.31. The standard InChI is InChI=1S/C12H13F2N5OS/c1-6-3-9(21-7(6)2)11(20)19-5-12(13,14)4-8(19)10-15-17-18-16-10/h3,8H,4-5H2,1-2H3,(H,15,16,17,18). The molecule has 1 aliphatic rings. The van der Waals surface area contributed by atoms with Crippen molar-refractivity contribution in [2.24, 2.45) is 0 Å². The lowest BCUT2D eigenvalue weighted by Crippen LogP contribution is -2.32. The minimum Gasteiger partial charge on any atom is -0.321 e. The van der Waals surface area contributed by atoms with E-state index in [1.807, 2.05) is 13.8 Å². The topological polar surface area (TPSA) is 74.8 Å². The van der Waals surface area contributed by atoms with Crippen molar-refractivity contribution < 1.29 is 13.6 Å². The van der Waals surface area contributed by atoms with Gasteiger partial charge in [-0.15, -0.1) is 21.5 Å². The van der Waals surface area contributed by atoms with Crippen molar-refractivity contribution in [2.45, 2.75) is 32.2 Å². The van der Waals surface area contributed by atoms with E-state index in [9.17, 15) is 13.6 Å². The maximum Gasteiger partial charge on any atom is 0.267 e. The molecule has 1 fully saturated rings. The second kappa shape index (κ2) is 4.83. The summed E-state index contributed by atoms with van der Waals surface area (Å²) in [7, 11) is 0. The largest absolute Gasteiger partial charge is 0.321 e. The fourth-order valence-electron chi connectivity index (χ4n) is 2.39. The number of amides is 1. The van der Waals surface area contributed by atoms with Crippen LogP contribution >= 0.6 is 11.3 Å². The lowest BCUT2D eigenvalue weighted by molar-refractivity contribution is 0.0118. The highest BCUT2D eigenvalue weighted by Gasteiger charge is 2.49. The Bertz CT molecular complexity index is 650. The second-order valence-corrected chi connectivity index (χ2v) is 6.39. The molecule has 6 nitrogen and oxygen atoms in total. The van der Waals surface area contributed by atoms with Crippen molar-refractivity contribution in [2.75, 3.05) is 6.54 Å². The molecule has 1 aliphatic heterocycles. The Balaban J connectivity index is 1.93. The van der Waals surface area contributed by atoms with Crippen LogP contribution in [0.15, 0.2) is 6.07 Å². The number of aryl methyl sites for hydroxylation is 2. The van der Waals surface area contributed by atoms with E-state index in [0.717, 1.165) is 15.3 Å². The van der Waals surface area contributed by atoms with E-state index < -0.39 is 30.8 Å². The average Bonchev–Trinajstić information content (AvgIpc) is 3.09. The Kier molecular flexibility index (Phi) is 3.23. The minimum absolute atomic E-state index is 0.116. The number of aromatic amines is 1. The summed E-state index contributed by atoms with van der Waals surface area (Å²) in [6.45, 7) is 3.16. The van der Waals surface area contributed by atoms with Crippen LogP contribution < -0.4 is 0 Å². The van der Waals surface area contributed by atoms with Crippen molar-refractivity contribution in [3.8, 4) is 0 Å². The molecular weight excluding hydrogens is 300 g/mol. The zero-order valence-electron chi connectivity index (χ0n) is 11.4. The molecule has 1 amide bonds. The van der Waals surface area contributed by atoms with Gasteiger partial charge in [0.15, 0.2) is 5.82 Å². The number of carbonyl (C=O) groups is 1. The van der Waals surface area contributed by atoms with E-state index in [1.54, 1.807) is 6.07 Å². The first-order valence-corrected chi connectivity index (χ1v) is 7.18. The van der Waals surface area contributed by atoms with Crippen LogP contribution in [0.25, 0.3) is 0 Å². The molecule has 3 rings (SSSR count). The molecule has 2 aromatic rings. The van der Waals surface area contributed by atoms with Crippen molar-refractivity contribution >= 4 is 17.2 Å². The molecule has 0 spiro atoms. The highest BCUT2D eigenvalue weighted by molar-refractivity contribution is 7.14. The number of H-pyrrole nitrogens is 1. The summed E-state index contributed by atoms with van der Waals surface area (Å²) in [5.41, 5.74) is 0.977. The second-order valence-electron chi connectivity index (χ2n) is 5.13. The number of carbonyl (C=O) groups excluding carboxylic acids is 1. The zero-order chi connectivity index (χ0) is 15.2. The zero-order valence-corrected chi connectivity index (χ0v) is 12.2. The first-order chi connectivity index (χ1) is 9.87. The molecule has 21 heavy (non-hydrogen) atoms. The van der Waals surface area contributed by atoms with Gasteiger partial charge in [-0.05, 0) is 25.5 Å². The van der Waals surface area contributed by atoms with Gasteiger partial charge in [-0.1, -0.05) is 5.21 Å². The Labute approximate surface area is 123 Å². The van der Waals surface area contributed by atoms with Gasteiger partial charge >= 0.3 is 0 Å². The summed E-state index contributed by atoms with van der Waals surface area (Å²) in [5, 5.41) is 13.1. The number of hydrogen-bond acceptors (Lipinski definition) is 5. The lowest BCUT2D eigenvalue weighted by atomic mass is 10.2. The summed E-state index contributed by atoms with van der Waals surface area (Å²) in [6, 6.07) is 0.875. The van der Waals surface area contributed by atoms with Gasteiger partial charge in [0.25, 0.3) is 11.8 Å². The number of hydrogen-bond donors (Lipinski definition) is 1. The SMILES string of the molecule is Cc1cc(C(=O)N2CC(F)(F)CC2c2nn[nH]n2)sc1C. The number of aromatic nitrogens is 4. The Morgan fingerprint density at radius 2 is 2.29 bits per heavy atom. The third-order valence-corrected chi connectivity index (χ3v) is 4.71. The van der Waals surface area contributed by atoms with E-state index in [1.165, 1.54) is 11.3 Å². The van der Waals surface area contributed by atoms with Crippen molar-refractivity contribution in [1.82, 2.24) is 25.5 Å². The highest BCUT2D eigenvalue weighted by atomic mass is 32.1. The van der Waals surface area contributed by atoms with Crippen LogP contribution in [-0.4, -0.2) is 43.9 Å². The summed E-state index contributed by atoms with van der Waals surface area (Å²) in [5.74, 6) is -3.24. The molecular formula is C12H13F2N5OS. The van der Waals surface area contributed by atoms with E-state index >= 15 is 0 Å². The van der Waals surface area contributed by atoms with E-state index in [-0.39, 0.29) is 5.82 Å². The average molecular weight is 313 g/mol. The van der Waals surface area contributed by atoms with Gasteiger partial charge in [0.2, 0.25) is 0 Å². The molecule has 0 saturated carbocycles. The smallest absolute Gasteiger partial charge is 0.267 e. The maximum absolute atomic E-state index is 13.7. The molecule has 9 heteroatoms. The van der Waals surface area contributed by atoms with Crippen molar-refractivity contribution in [1.29, 1.82) is 0 Å². The van der Waals surface area contributed by atoms with E-state index in [0.29, 0.717) is 4.88 Å². The number of nitrogens with zero attached hydrogens (tertiary/aromatic N) is 4. The van der Waals surface area contributed by atoms with Crippen molar-refractivity contribution in [3.05, 3.63) is 27.2 Å².